The van der Waals surface area contributed by atoms with Gasteiger partial charge in [0.05, 0.1) is 12.2 Å². The van der Waals surface area contributed by atoms with E-state index in [1.165, 1.54) is 0 Å². The molecule has 144 valence electrons. The standard InChI is InChI=1S/C23H25N3OS/c1-17-12-18(2)14-20(13-17)23(27)26-10-8-25(9-11-26)15-22-24-21(16-28-22)19-6-4-3-5-7-19/h3-7,12-14,16H,8-11,15H2,1-2H3. The second kappa shape index (κ2) is 8.25. The van der Waals surface area contributed by atoms with Crippen LogP contribution in [0.1, 0.15) is 26.5 Å². The lowest BCUT2D eigenvalue weighted by Crippen LogP contribution is -2.48. The molecule has 0 atom stereocenters. The van der Waals surface area contributed by atoms with E-state index in [2.05, 4.69) is 28.5 Å². The largest absolute Gasteiger partial charge is 0.336 e. The third-order valence-corrected chi connectivity index (χ3v) is 5.94. The maximum absolute atomic E-state index is 12.8. The van der Waals surface area contributed by atoms with E-state index in [1.54, 1.807) is 11.3 Å². The van der Waals surface area contributed by atoms with E-state index in [4.69, 9.17) is 4.98 Å². The van der Waals surface area contributed by atoms with Crippen LogP contribution < -0.4 is 0 Å². The van der Waals surface area contributed by atoms with Gasteiger partial charge in [0.2, 0.25) is 0 Å². The smallest absolute Gasteiger partial charge is 0.253 e. The van der Waals surface area contributed by atoms with Gasteiger partial charge in [-0.15, -0.1) is 11.3 Å². The van der Waals surface area contributed by atoms with Crippen molar-refractivity contribution in [2.45, 2.75) is 20.4 Å². The molecule has 0 bridgehead atoms. The van der Waals surface area contributed by atoms with Crippen molar-refractivity contribution in [2.24, 2.45) is 0 Å². The Morgan fingerprint density at radius 3 is 2.36 bits per heavy atom. The number of aryl methyl sites for hydroxylation is 2. The third-order valence-electron chi connectivity index (χ3n) is 5.11. The summed E-state index contributed by atoms with van der Waals surface area (Å²) in [7, 11) is 0. The minimum atomic E-state index is 0.145. The lowest BCUT2D eigenvalue weighted by molar-refractivity contribution is 0.0628. The molecular formula is C23H25N3OS. The molecule has 28 heavy (non-hydrogen) atoms. The molecule has 1 aromatic heterocycles. The predicted molar refractivity (Wildman–Crippen MR) is 115 cm³/mol. The van der Waals surface area contributed by atoms with Crippen LogP contribution in [0.15, 0.2) is 53.9 Å². The van der Waals surface area contributed by atoms with Crippen LogP contribution in [-0.2, 0) is 6.54 Å². The molecule has 1 saturated heterocycles. The number of aromatic nitrogens is 1. The van der Waals surface area contributed by atoms with Gasteiger partial charge in [-0.25, -0.2) is 4.98 Å². The van der Waals surface area contributed by atoms with Crippen LogP contribution in [0.4, 0.5) is 0 Å². The Morgan fingerprint density at radius 1 is 1.00 bits per heavy atom. The second-order valence-corrected chi connectivity index (χ2v) is 8.38. The molecule has 1 aliphatic rings. The van der Waals surface area contributed by atoms with Crippen molar-refractivity contribution in [1.82, 2.24) is 14.8 Å². The second-order valence-electron chi connectivity index (χ2n) is 7.44. The molecule has 4 nitrogen and oxygen atoms in total. The molecule has 2 heterocycles. The maximum Gasteiger partial charge on any atom is 0.253 e. The first-order chi connectivity index (χ1) is 13.6. The fourth-order valence-corrected chi connectivity index (χ4v) is 4.55. The summed E-state index contributed by atoms with van der Waals surface area (Å²) >= 11 is 1.71. The van der Waals surface area contributed by atoms with Crippen molar-refractivity contribution in [3.05, 3.63) is 75.6 Å². The first-order valence-electron chi connectivity index (χ1n) is 9.68. The monoisotopic (exact) mass is 391 g/mol. The Morgan fingerprint density at radius 2 is 1.68 bits per heavy atom. The number of carbonyl (C=O) groups is 1. The van der Waals surface area contributed by atoms with E-state index in [0.717, 1.165) is 65.7 Å². The zero-order chi connectivity index (χ0) is 19.5. The number of piperazine rings is 1. The highest BCUT2D eigenvalue weighted by molar-refractivity contribution is 7.09. The summed E-state index contributed by atoms with van der Waals surface area (Å²) in [6, 6.07) is 16.4. The summed E-state index contributed by atoms with van der Waals surface area (Å²) < 4.78 is 0. The summed E-state index contributed by atoms with van der Waals surface area (Å²) in [6.45, 7) is 8.24. The van der Waals surface area contributed by atoms with Crippen LogP contribution in [0, 0.1) is 13.8 Å². The van der Waals surface area contributed by atoms with Crippen molar-refractivity contribution in [2.75, 3.05) is 26.2 Å². The van der Waals surface area contributed by atoms with Crippen molar-refractivity contribution in [3.63, 3.8) is 0 Å². The van der Waals surface area contributed by atoms with E-state index < -0.39 is 0 Å². The summed E-state index contributed by atoms with van der Waals surface area (Å²) in [5.41, 5.74) is 5.29. The molecule has 0 spiro atoms. The number of amides is 1. The molecule has 1 amide bonds. The average molecular weight is 392 g/mol. The normalized spacial score (nSPS) is 15.0. The summed E-state index contributed by atoms with van der Waals surface area (Å²) in [5, 5.41) is 3.26. The minimum absolute atomic E-state index is 0.145. The predicted octanol–water partition coefficient (Wildman–Crippen LogP) is 4.38. The van der Waals surface area contributed by atoms with E-state index in [1.807, 2.05) is 49.1 Å². The molecule has 0 radical (unpaired) electrons. The van der Waals surface area contributed by atoms with Gasteiger partial charge in [-0.3, -0.25) is 9.69 Å². The molecule has 0 N–H and O–H groups in total. The van der Waals surface area contributed by atoms with E-state index in [0.29, 0.717) is 0 Å². The van der Waals surface area contributed by atoms with E-state index in [9.17, 15) is 4.79 Å². The molecule has 4 rings (SSSR count). The first-order valence-corrected chi connectivity index (χ1v) is 10.6. The number of hydrogen-bond donors (Lipinski definition) is 0. The van der Waals surface area contributed by atoms with Gasteiger partial charge in [0.25, 0.3) is 5.91 Å². The van der Waals surface area contributed by atoms with Crippen LogP contribution in [0.25, 0.3) is 11.3 Å². The summed E-state index contributed by atoms with van der Waals surface area (Å²) in [6.07, 6.45) is 0. The zero-order valence-corrected chi connectivity index (χ0v) is 17.2. The number of nitrogens with zero attached hydrogens (tertiary/aromatic N) is 3. The highest BCUT2D eigenvalue weighted by atomic mass is 32.1. The fraction of sp³-hybridized carbons (Fsp3) is 0.304. The lowest BCUT2D eigenvalue weighted by atomic mass is 10.1. The zero-order valence-electron chi connectivity index (χ0n) is 16.4. The topological polar surface area (TPSA) is 36.4 Å². The Balaban J connectivity index is 1.34. The number of thiazole rings is 1. The van der Waals surface area contributed by atoms with Crippen molar-refractivity contribution < 1.29 is 4.79 Å². The van der Waals surface area contributed by atoms with Crippen molar-refractivity contribution in [3.8, 4) is 11.3 Å². The van der Waals surface area contributed by atoms with Gasteiger partial charge < -0.3 is 4.90 Å². The Bertz CT molecular complexity index is 939. The first kappa shape index (κ1) is 18.8. The van der Waals surface area contributed by atoms with Gasteiger partial charge in [0.1, 0.15) is 5.01 Å². The van der Waals surface area contributed by atoms with Gasteiger partial charge in [0, 0.05) is 42.7 Å². The quantitative estimate of drug-likeness (QED) is 0.662. The molecule has 1 fully saturated rings. The molecule has 3 aromatic rings. The number of hydrogen-bond acceptors (Lipinski definition) is 4. The van der Waals surface area contributed by atoms with Crippen LogP contribution in [0.2, 0.25) is 0 Å². The average Bonchev–Trinajstić information content (AvgIpc) is 3.16. The van der Waals surface area contributed by atoms with Crippen LogP contribution in [0.3, 0.4) is 0 Å². The van der Waals surface area contributed by atoms with Gasteiger partial charge >= 0.3 is 0 Å². The maximum atomic E-state index is 12.8. The number of rotatable bonds is 4. The minimum Gasteiger partial charge on any atom is -0.336 e. The van der Waals surface area contributed by atoms with Crippen LogP contribution in [-0.4, -0.2) is 46.9 Å². The summed E-state index contributed by atoms with van der Waals surface area (Å²) in [5.74, 6) is 0.145. The van der Waals surface area contributed by atoms with Gasteiger partial charge in [0.15, 0.2) is 0 Å². The van der Waals surface area contributed by atoms with Crippen LogP contribution >= 0.6 is 11.3 Å². The van der Waals surface area contributed by atoms with Crippen molar-refractivity contribution in [1.29, 1.82) is 0 Å². The Labute approximate surface area is 170 Å². The van der Waals surface area contributed by atoms with Crippen molar-refractivity contribution >= 4 is 17.2 Å². The molecule has 0 aliphatic carbocycles. The van der Waals surface area contributed by atoms with Gasteiger partial charge in [-0.1, -0.05) is 47.5 Å². The lowest BCUT2D eigenvalue weighted by Gasteiger charge is -2.34. The van der Waals surface area contributed by atoms with E-state index >= 15 is 0 Å². The Kier molecular flexibility index (Phi) is 5.55. The van der Waals surface area contributed by atoms with Gasteiger partial charge in [-0.2, -0.15) is 0 Å². The molecule has 2 aromatic carbocycles. The molecule has 0 saturated carbocycles. The van der Waals surface area contributed by atoms with E-state index in [-0.39, 0.29) is 5.91 Å². The summed E-state index contributed by atoms with van der Waals surface area (Å²) in [4.78, 5) is 22.0. The SMILES string of the molecule is Cc1cc(C)cc(C(=O)N2CCN(Cc3nc(-c4ccccc4)cs3)CC2)c1. The third kappa shape index (κ3) is 4.32. The molecular weight excluding hydrogens is 366 g/mol. The number of carbonyl (C=O) groups excluding carboxylic acids is 1. The Hall–Kier alpha value is -2.50. The van der Waals surface area contributed by atoms with Gasteiger partial charge in [-0.05, 0) is 26.0 Å². The fourth-order valence-electron chi connectivity index (χ4n) is 3.71. The van der Waals surface area contributed by atoms with Crippen LogP contribution in [0.5, 0.6) is 0 Å². The highest BCUT2D eigenvalue weighted by Gasteiger charge is 2.23. The molecule has 0 unspecified atom stereocenters. The number of benzene rings is 2. The molecule has 5 heteroatoms. The molecule has 1 aliphatic heterocycles. The highest BCUT2D eigenvalue weighted by Crippen LogP contribution is 2.23.